The minimum atomic E-state index is -0.474. The van der Waals surface area contributed by atoms with Crippen molar-refractivity contribution >= 4 is 34.9 Å². The van der Waals surface area contributed by atoms with Crippen LogP contribution in [0.15, 0.2) is 48.5 Å². The molecule has 0 unspecified atom stereocenters. The van der Waals surface area contributed by atoms with Crippen LogP contribution >= 0.6 is 12.2 Å². The van der Waals surface area contributed by atoms with Gasteiger partial charge in [-0.1, -0.05) is 6.07 Å². The van der Waals surface area contributed by atoms with Gasteiger partial charge < -0.3 is 15.2 Å². The molecule has 0 atom stereocenters. The van der Waals surface area contributed by atoms with Gasteiger partial charge in [-0.15, -0.1) is 0 Å². The van der Waals surface area contributed by atoms with Crippen molar-refractivity contribution in [3.05, 3.63) is 59.7 Å². The molecule has 0 aromatic heterocycles. The predicted molar refractivity (Wildman–Crippen MR) is 89.6 cm³/mol. The van der Waals surface area contributed by atoms with E-state index in [1.54, 1.807) is 12.1 Å². The number of thiocarbonyl (C=S) groups is 1. The van der Waals surface area contributed by atoms with Gasteiger partial charge in [0.15, 0.2) is 5.11 Å². The first-order chi connectivity index (χ1) is 11.0. The van der Waals surface area contributed by atoms with Gasteiger partial charge in [0.1, 0.15) is 5.75 Å². The van der Waals surface area contributed by atoms with Crippen LogP contribution in [0.5, 0.6) is 5.75 Å². The number of amides is 1. The lowest BCUT2D eigenvalue weighted by atomic mass is 10.1. The van der Waals surface area contributed by atoms with E-state index < -0.39 is 11.9 Å². The van der Waals surface area contributed by atoms with Gasteiger partial charge in [-0.25, -0.2) is 4.79 Å². The molecule has 2 aromatic rings. The van der Waals surface area contributed by atoms with Gasteiger partial charge in [0, 0.05) is 17.3 Å². The molecule has 2 rings (SSSR count). The number of nitrogens with one attached hydrogen (secondary N) is 2. The second kappa shape index (κ2) is 7.37. The molecule has 0 heterocycles. The third kappa shape index (κ3) is 4.52. The highest BCUT2D eigenvalue weighted by Crippen LogP contribution is 2.15. The fourth-order valence-electron chi connectivity index (χ4n) is 1.80. The number of rotatable bonds is 3. The molecule has 118 valence electrons. The summed E-state index contributed by atoms with van der Waals surface area (Å²) in [6, 6.07) is 12.3. The summed E-state index contributed by atoms with van der Waals surface area (Å²) in [4.78, 5) is 23.4. The van der Waals surface area contributed by atoms with Crippen molar-refractivity contribution in [2.24, 2.45) is 0 Å². The lowest BCUT2D eigenvalue weighted by Gasteiger charge is -2.10. The Morgan fingerprint density at radius 2 is 1.74 bits per heavy atom. The lowest BCUT2D eigenvalue weighted by molar-refractivity contribution is 0.0600. The highest BCUT2D eigenvalue weighted by Gasteiger charge is 2.10. The highest BCUT2D eigenvalue weighted by molar-refractivity contribution is 7.80. The van der Waals surface area contributed by atoms with Gasteiger partial charge in [-0.05, 0) is 48.6 Å². The fraction of sp³-hybridized carbons (Fsp3) is 0.0625. The van der Waals surface area contributed by atoms with Crippen LogP contribution in [0.2, 0.25) is 0 Å². The zero-order chi connectivity index (χ0) is 16.8. The average molecular weight is 330 g/mol. The largest absolute Gasteiger partial charge is 0.508 e. The number of benzene rings is 2. The van der Waals surface area contributed by atoms with Crippen LogP contribution in [0.25, 0.3) is 0 Å². The second-order valence-electron chi connectivity index (χ2n) is 4.53. The normalized spacial score (nSPS) is 9.78. The maximum Gasteiger partial charge on any atom is 0.337 e. The van der Waals surface area contributed by atoms with Crippen molar-refractivity contribution in [3.63, 3.8) is 0 Å². The summed E-state index contributed by atoms with van der Waals surface area (Å²) in [6.07, 6.45) is 0. The number of hydrogen-bond acceptors (Lipinski definition) is 5. The Kier molecular flexibility index (Phi) is 5.27. The Morgan fingerprint density at radius 1 is 1.09 bits per heavy atom. The number of phenols is 1. The maximum atomic E-state index is 12.1. The molecule has 1 amide bonds. The topological polar surface area (TPSA) is 87.7 Å². The van der Waals surface area contributed by atoms with Crippen LogP contribution in [-0.4, -0.2) is 29.2 Å². The zero-order valence-corrected chi connectivity index (χ0v) is 13.0. The minimum Gasteiger partial charge on any atom is -0.508 e. The second-order valence-corrected chi connectivity index (χ2v) is 4.94. The van der Waals surface area contributed by atoms with Gasteiger partial charge in [0.05, 0.1) is 12.7 Å². The van der Waals surface area contributed by atoms with E-state index in [2.05, 4.69) is 15.4 Å². The number of carbonyl (C=O) groups is 2. The number of hydrogen-bond donors (Lipinski definition) is 3. The van der Waals surface area contributed by atoms with Crippen molar-refractivity contribution in [2.75, 3.05) is 12.4 Å². The molecule has 0 aliphatic heterocycles. The molecule has 0 saturated heterocycles. The molecule has 6 nitrogen and oxygen atoms in total. The maximum absolute atomic E-state index is 12.1. The van der Waals surface area contributed by atoms with E-state index in [1.807, 2.05) is 0 Å². The van der Waals surface area contributed by atoms with Gasteiger partial charge >= 0.3 is 5.97 Å². The molecule has 0 aliphatic carbocycles. The quantitative estimate of drug-likeness (QED) is 0.591. The Labute approximate surface area is 138 Å². The molecule has 2 aromatic carbocycles. The van der Waals surface area contributed by atoms with E-state index >= 15 is 0 Å². The molecular formula is C16H14N2O4S. The lowest BCUT2D eigenvalue weighted by Crippen LogP contribution is -2.34. The third-order valence-corrected chi connectivity index (χ3v) is 3.10. The van der Waals surface area contributed by atoms with Gasteiger partial charge in [0.25, 0.3) is 5.91 Å². The van der Waals surface area contributed by atoms with Crippen LogP contribution < -0.4 is 10.6 Å². The van der Waals surface area contributed by atoms with E-state index in [0.29, 0.717) is 16.8 Å². The van der Waals surface area contributed by atoms with Crippen LogP contribution in [0, 0.1) is 0 Å². The van der Waals surface area contributed by atoms with Gasteiger partial charge in [-0.2, -0.15) is 0 Å². The first-order valence-corrected chi connectivity index (χ1v) is 7.00. The number of esters is 1. The molecule has 0 spiro atoms. The van der Waals surface area contributed by atoms with Crippen LogP contribution in [-0.2, 0) is 4.74 Å². The number of methoxy groups -OCH3 is 1. The number of anilines is 1. The molecule has 23 heavy (non-hydrogen) atoms. The van der Waals surface area contributed by atoms with Crippen molar-refractivity contribution in [1.82, 2.24) is 5.32 Å². The number of phenolic OH excluding ortho intramolecular Hbond substituents is 1. The summed E-state index contributed by atoms with van der Waals surface area (Å²) < 4.78 is 4.59. The van der Waals surface area contributed by atoms with Gasteiger partial charge in [0.2, 0.25) is 0 Å². The van der Waals surface area contributed by atoms with E-state index in [-0.39, 0.29) is 10.9 Å². The molecular weight excluding hydrogens is 316 g/mol. The van der Waals surface area contributed by atoms with Crippen molar-refractivity contribution in [3.8, 4) is 5.75 Å². The number of aromatic hydroxyl groups is 1. The predicted octanol–water partition coefficient (Wildman–Crippen LogP) is 2.31. The third-order valence-electron chi connectivity index (χ3n) is 2.90. The van der Waals surface area contributed by atoms with E-state index in [4.69, 9.17) is 12.2 Å². The van der Waals surface area contributed by atoms with Crippen LogP contribution in [0.3, 0.4) is 0 Å². The summed E-state index contributed by atoms with van der Waals surface area (Å²) in [5, 5.41) is 14.8. The average Bonchev–Trinajstić information content (AvgIpc) is 2.54. The molecule has 0 saturated carbocycles. The SMILES string of the molecule is COC(=O)c1ccc(C(=O)NC(=S)Nc2cccc(O)c2)cc1. The first-order valence-electron chi connectivity index (χ1n) is 6.59. The minimum absolute atomic E-state index is 0.0857. The summed E-state index contributed by atoms with van der Waals surface area (Å²) in [5.74, 6) is -0.806. The van der Waals surface area contributed by atoms with Crippen molar-refractivity contribution < 1.29 is 19.4 Å². The van der Waals surface area contributed by atoms with Crippen molar-refractivity contribution in [2.45, 2.75) is 0 Å². The molecule has 3 N–H and O–H groups in total. The highest BCUT2D eigenvalue weighted by atomic mass is 32.1. The van der Waals surface area contributed by atoms with E-state index in [1.165, 1.54) is 43.5 Å². The van der Waals surface area contributed by atoms with Crippen LogP contribution in [0.1, 0.15) is 20.7 Å². The number of ether oxygens (including phenoxy) is 1. The molecule has 0 aliphatic rings. The summed E-state index contributed by atoms with van der Waals surface area (Å²) in [6.45, 7) is 0. The summed E-state index contributed by atoms with van der Waals surface area (Å²) in [7, 11) is 1.29. The van der Waals surface area contributed by atoms with Crippen LogP contribution in [0.4, 0.5) is 5.69 Å². The Bertz CT molecular complexity index is 744. The monoisotopic (exact) mass is 330 g/mol. The standard InChI is InChI=1S/C16H14N2O4S/c1-22-15(21)11-7-5-10(6-8-11)14(20)18-16(23)17-12-3-2-4-13(19)9-12/h2-9,19H,1H3,(H2,17,18,20,23). The zero-order valence-electron chi connectivity index (χ0n) is 12.2. The molecule has 0 fully saturated rings. The molecule has 0 radical (unpaired) electrons. The Hall–Kier alpha value is -2.93. The Morgan fingerprint density at radius 3 is 2.35 bits per heavy atom. The molecule has 7 heteroatoms. The molecule has 0 bridgehead atoms. The Balaban J connectivity index is 1.98. The number of carbonyl (C=O) groups excluding carboxylic acids is 2. The fourth-order valence-corrected chi connectivity index (χ4v) is 2.01. The smallest absolute Gasteiger partial charge is 0.337 e. The summed E-state index contributed by atoms with van der Waals surface area (Å²) in [5.41, 5.74) is 1.25. The van der Waals surface area contributed by atoms with Crippen molar-refractivity contribution in [1.29, 1.82) is 0 Å². The van der Waals surface area contributed by atoms with Gasteiger partial charge in [-0.3, -0.25) is 10.1 Å². The van der Waals surface area contributed by atoms with E-state index in [9.17, 15) is 14.7 Å². The first kappa shape index (κ1) is 16.4. The van der Waals surface area contributed by atoms with E-state index in [0.717, 1.165) is 0 Å². The summed E-state index contributed by atoms with van der Waals surface area (Å²) >= 11 is 5.04.